The fourth-order valence-electron chi connectivity index (χ4n) is 9.61. The lowest BCUT2D eigenvalue weighted by Crippen LogP contribution is -2.47. The van der Waals surface area contributed by atoms with Gasteiger partial charge in [0.25, 0.3) is 7.82 Å². The molecule has 0 saturated carbocycles. The zero-order valence-corrected chi connectivity index (χ0v) is 52.6. The number of ether oxygens (including phenoxy) is 1. The van der Waals surface area contributed by atoms with Gasteiger partial charge in [-0.3, -0.25) is 14.2 Å². The third-order valence-corrected chi connectivity index (χ3v) is 15.7. The molecule has 1 amide bonds. The molecule has 0 radical (unpaired) electrons. The van der Waals surface area contributed by atoms with Gasteiger partial charge in [0.05, 0.1) is 33.8 Å². The first-order valence-electron chi connectivity index (χ1n) is 32.9. The summed E-state index contributed by atoms with van der Waals surface area (Å²) in [6, 6.07) is -0.890. The highest BCUT2D eigenvalue weighted by molar-refractivity contribution is 7.45. The number of phosphoric ester groups is 1. The molecule has 0 spiro atoms. The number of nitrogens with zero attached hydrogens (tertiary/aromatic N) is 1. The fourth-order valence-corrected chi connectivity index (χ4v) is 10.3. The molecule has 452 valence electrons. The van der Waals surface area contributed by atoms with E-state index >= 15 is 0 Å². The molecule has 0 aromatic carbocycles. The van der Waals surface area contributed by atoms with Crippen LogP contribution in [0.2, 0.25) is 0 Å². The van der Waals surface area contributed by atoms with Crippen LogP contribution < -0.4 is 10.2 Å². The molecule has 0 aromatic rings. The number of unbranched alkanes of at least 4 members (excludes halogenated alkanes) is 38. The maximum absolute atomic E-state index is 13.6. The Kier molecular flexibility index (Phi) is 55.7. The first-order valence-corrected chi connectivity index (χ1v) is 34.4. The molecule has 0 aliphatic carbocycles. The Balaban J connectivity index is 5.22. The van der Waals surface area contributed by atoms with Crippen molar-refractivity contribution in [1.82, 2.24) is 5.32 Å². The zero-order chi connectivity index (χ0) is 56.4. The molecule has 0 aliphatic heterocycles. The van der Waals surface area contributed by atoms with Crippen molar-refractivity contribution in [2.45, 2.75) is 328 Å². The normalized spacial score (nSPS) is 13.9. The third kappa shape index (κ3) is 58.4. The molecule has 0 rings (SSSR count). The van der Waals surface area contributed by atoms with E-state index in [0.717, 1.165) is 64.2 Å². The zero-order valence-electron chi connectivity index (χ0n) is 51.7. The van der Waals surface area contributed by atoms with Crippen LogP contribution in [-0.2, 0) is 27.9 Å². The Morgan fingerprint density at radius 1 is 0.455 bits per heavy atom. The van der Waals surface area contributed by atoms with E-state index in [2.05, 4.69) is 62.5 Å². The van der Waals surface area contributed by atoms with E-state index in [-0.39, 0.29) is 31.5 Å². The van der Waals surface area contributed by atoms with Gasteiger partial charge in [-0.15, -0.1) is 0 Å². The summed E-state index contributed by atoms with van der Waals surface area (Å²) in [6.07, 6.45) is 70.7. The molecule has 0 aliphatic rings. The number of carbonyl (C=O) groups excluding carboxylic acids is 2. The van der Waals surface area contributed by atoms with Crippen LogP contribution >= 0.6 is 7.82 Å². The molecule has 3 atom stereocenters. The van der Waals surface area contributed by atoms with Crippen LogP contribution in [0.4, 0.5) is 0 Å². The second-order valence-corrected chi connectivity index (χ2v) is 25.0. The molecule has 0 saturated heterocycles. The van der Waals surface area contributed by atoms with Gasteiger partial charge in [-0.2, -0.15) is 0 Å². The number of hydrogen-bond acceptors (Lipinski definition) is 7. The number of phosphoric acid groups is 1. The second kappa shape index (κ2) is 57.2. The largest absolute Gasteiger partial charge is 0.756 e. The Morgan fingerprint density at radius 3 is 1.21 bits per heavy atom. The Morgan fingerprint density at radius 2 is 0.792 bits per heavy atom. The molecule has 9 nitrogen and oxygen atoms in total. The van der Waals surface area contributed by atoms with Crippen LogP contribution in [0.25, 0.3) is 0 Å². The predicted molar refractivity (Wildman–Crippen MR) is 330 cm³/mol. The standard InChI is InChI=1S/C67H127N2O7P/c1-7-10-13-16-19-22-25-28-30-32-34-36-38-41-44-47-50-53-56-59-66(70)68-64(63-75-77(72,73)74-62-61-69(4,5)6)65(58-55-52-49-46-43-40-27-24-21-18-15-12-9-3)76-67(71)60-57-54-51-48-45-42-39-37-35-33-31-29-26-23-20-17-14-11-8-2/h20,23,28-31,55,58,64-65H,7-19,21-22,24-27,32-54,56-57,59-63H2,1-6H3,(H-,68,70,72,73)/b23-20-,30-28+,31-29-,58-55+. The Hall–Kier alpha value is -2.03. The van der Waals surface area contributed by atoms with Crippen molar-refractivity contribution in [3.8, 4) is 0 Å². The molecule has 0 fully saturated rings. The molecule has 1 N–H and O–H groups in total. The summed E-state index contributed by atoms with van der Waals surface area (Å²) in [5.41, 5.74) is 0. The van der Waals surface area contributed by atoms with Crippen molar-refractivity contribution in [1.29, 1.82) is 0 Å². The minimum absolute atomic E-state index is 0.0227. The highest BCUT2D eigenvalue weighted by atomic mass is 31.2. The average Bonchev–Trinajstić information content (AvgIpc) is 3.39. The number of esters is 1. The van der Waals surface area contributed by atoms with Gasteiger partial charge in [-0.05, 0) is 89.5 Å². The summed E-state index contributed by atoms with van der Waals surface area (Å²) in [5, 5.41) is 3.04. The van der Waals surface area contributed by atoms with Gasteiger partial charge in [0.15, 0.2) is 0 Å². The molecule has 0 heterocycles. The summed E-state index contributed by atoms with van der Waals surface area (Å²) in [6.45, 7) is 6.85. The van der Waals surface area contributed by atoms with Crippen LogP contribution in [0, 0.1) is 0 Å². The molecular formula is C67H127N2O7P. The van der Waals surface area contributed by atoms with Gasteiger partial charge < -0.3 is 28.5 Å². The van der Waals surface area contributed by atoms with Crippen LogP contribution in [0.15, 0.2) is 48.6 Å². The third-order valence-electron chi connectivity index (χ3n) is 14.7. The van der Waals surface area contributed by atoms with Crippen molar-refractivity contribution in [3.63, 3.8) is 0 Å². The summed E-state index contributed by atoms with van der Waals surface area (Å²) >= 11 is 0. The van der Waals surface area contributed by atoms with Gasteiger partial charge in [0.2, 0.25) is 5.91 Å². The van der Waals surface area contributed by atoms with E-state index in [1.807, 2.05) is 33.3 Å². The van der Waals surface area contributed by atoms with Gasteiger partial charge >= 0.3 is 5.97 Å². The molecule has 10 heteroatoms. The Bertz CT molecular complexity index is 1460. The van der Waals surface area contributed by atoms with Crippen LogP contribution in [0.5, 0.6) is 0 Å². The number of allylic oxidation sites excluding steroid dienone is 7. The number of rotatable bonds is 60. The summed E-state index contributed by atoms with van der Waals surface area (Å²) in [4.78, 5) is 40.1. The minimum atomic E-state index is -4.70. The van der Waals surface area contributed by atoms with E-state index in [9.17, 15) is 19.0 Å². The number of hydrogen-bond donors (Lipinski definition) is 1. The van der Waals surface area contributed by atoms with E-state index in [1.54, 1.807) is 0 Å². The lowest BCUT2D eigenvalue weighted by atomic mass is 10.0. The maximum Gasteiger partial charge on any atom is 0.306 e. The first kappa shape index (κ1) is 75.0. The number of quaternary nitrogens is 1. The SMILES string of the molecule is CCCCC/C=C\C/C=C\CCCCCCCCCCCC(=O)OC(/C=C/CCCCCCCCCCCCC)C(COP(=O)([O-])OCC[N+](C)(C)C)NC(=O)CCCCCCCCCCC/C=C/CCCCCCCC. The van der Waals surface area contributed by atoms with Crippen molar-refractivity contribution in [2.24, 2.45) is 0 Å². The highest BCUT2D eigenvalue weighted by Crippen LogP contribution is 2.38. The molecule has 3 unspecified atom stereocenters. The highest BCUT2D eigenvalue weighted by Gasteiger charge is 2.27. The number of amides is 1. The van der Waals surface area contributed by atoms with Crippen molar-refractivity contribution in [2.75, 3.05) is 40.9 Å². The summed E-state index contributed by atoms with van der Waals surface area (Å²) in [7, 11) is 1.19. The van der Waals surface area contributed by atoms with Crippen molar-refractivity contribution >= 4 is 19.7 Å². The quantitative estimate of drug-likeness (QED) is 0.0212. The van der Waals surface area contributed by atoms with Crippen molar-refractivity contribution in [3.05, 3.63) is 48.6 Å². The maximum atomic E-state index is 13.6. The lowest BCUT2D eigenvalue weighted by molar-refractivity contribution is -0.870. The molecular weight excluding hydrogens is 976 g/mol. The predicted octanol–water partition coefficient (Wildman–Crippen LogP) is 19.8. The smallest absolute Gasteiger partial charge is 0.306 e. The van der Waals surface area contributed by atoms with E-state index < -0.39 is 20.0 Å². The average molecular weight is 1100 g/mol. The number of carbonyl (C=O) groups is 2. The Labute approximate surface area is 478 Å². The molecule has 0 bridgehead atoms. The number of nitrogens with one attached hydrogen (secondary N) is 1. The molecule has 0 aromatic heterocycles. The van der Waals surface area contributed by atoms with E-state index in [0.29, 0.717) is 17.4 Å². The minimum Gasteiger partial charge on any atom is -0.756 e. The van der Waals surface area contributed by atoms with Crippen LogP contribution in [-0.4, -0.2) is 69.4 Å². The van der Waals surface area contributed by atoms with Crippen LogP contribution in [0.1, 0.15) is 316 Å². The van der Waals surface area contributed by atoms with Gasteiger partial charge in [0, 0.05) is 12.8 Å². The second-order valence-electron chi connectivity index (χ2n) is 23.6. The number of likely N-dealkylation sites (N-methyl/N-ethyl adjacent to an activating group) is 1. The van der Waals surface area contributed by atoms with E-state index in [1.165, 1.54) is 218 Å². The van der Waals surface area contributed by atoms with Crippen molar-refractivity contribution < 1.29 is 37.3 Å². The lowest BCUT2D eigenvalue weighted by Gasteiger charge is -2.30. The molecule has 77 heavy (non-hydrogen) atoms. The van der Waals surface area contributed by atoms with Crippen LogP contribution in [0.3, 0.4) is 0 Å². The topological polar surface area (TPSA) is 114 Å². The first-order chi connectivity index (χ1) is 37.4. The van der Waals surface area contributed by atoms with Gasteiger partial charge in [-0.25, -0.2) is 0 Å². The van der Waals surface area contributed by atoms with E-state index in [4.69, 9.17) is 13.8 Å². The fraction of sp³-hybridized carbons (Fsp3) is 0.851. The monoisotopic (exact) mass is 1100 g/mol. The van der Waals surface area contributed by atoms with Gasteiger partial charge in [0.1, 0.15) is 19.3 Å². The van der Waals surface area contributed by atoms with Gasteiger partial charge in [-0.1, -0.05) is 262 Å². The summed E-state index contributed by atoms with van der Waals surface area (Å²) < 4.78 is 30.4. The summed E-state index contributed by atoms with van der Waals surface area (Å²) in [5.74, 6) is -0.537.